The fourth-order valence-corrected chi connectivity index (χ4v) is 3.43. The second-order valence-corrected chi connectivity index (χ2v) is 6.74. The predicted octanol–water partition coefficient (Wildman–Crippen LogP) is 3.22. The van der Waals surface area contributed by atoms with E-state index in [2.05, 4.69) is 10.6 Å². The number of piperidine rings is 1. The Morgan fingerprint density at radius 1 is 1.24 bits per heavy atom. The molecule has 1 heterocycles. The predicted molar refractivity (Wildman–Crippen MR) is 101 cm³/mol. The highest BCUT2D eigenvalue weighted by Gasteiger charge is 2.16. The van der Waals surface area contributed by atoms with Crippen molar-refractivity contribution in [1.82, 2.24) is 5.32 Å². The van der Waals surface area contributed by atoms with E-state index in [1.807, 2.05) is 18.2 Å². The molecular formula is C19H22ClN3O2. The van der Waals surface area contributed by atoms with Crippen LogP contribution in [0.2, 0.25) is 5.02 Å². The van der Waals surface area contributed by atoms with Crippen molar-refractivity contribution in [2.45, 2.75) is 12.8 Å². The molecule has 0 spiro atoms. The van der Waals surface area contributed by atoms with Crippen LogP contribution in [0, 0.1) is 5.92 Å². The molecule has 0 unspecified atom stereocenters. The lowest BCUT2D eigenvalue weighted by atomic mass is 9.98. The normalized spacial score (nSPS) is 15.1. The molecule has 0 saturated carbocycles. The summed E-state index contributed by atoms with van der Waals surface area (Å²) in [7, 11) is 0. The fourth-order valence-electron chi connectivity index (χ4n) is 3.15. The third kappa shape index (κ3) is 4.06. The molecule has 2 aromatic rings. The molecule has 3 rings (SSSR count). The van der Waals surface area contributed by atoms with Crippen molar-refractivity contribution < 1.29 is 9.90 Å². The molecule has 132 valence electrons. The molecule has 25 heavy (non-hydrogen) atoms. The second kappa shape index (κ2) is 7.76. The summed E-state index contributed by atoms with van der Waals surface area (Å²) in [5, 5.41) is 17.6. The summed E-state index contributed by atoms with van der Waals surface area (Å²) in [6.45, 7) is 3.06. The lowest BCUT2D eigenvalue weighted by Gasteiger charge is -2.23. The average Bonchev–Trinajstić information content (AvgIpc) is 2.61. The molecule has 0 aliphatic carbocycles. The van der Waals surface area contributed by atoms with Crippen LogP contribution in [0.3, 0.4) is 0 Å². The van der Waals surface area contributed by atoms with E-state index in [0.29, 0.717) is 22.1 Å². The maximum atomic E-state index is 11.4. The number of para-hydroxylation sites is 1. The van der Waals surface area contributed by atoms with Gasteiger partial charge in [0.25, 0.3) is 5.91 Å². The zero-order chi connectivity index (χ0) is 17.8. The standard InChI is InChI=1S/C19H22ClN3O2/c20-17-10-13(23-11-12-6-8-22-9-7-12)4-5-14(17)15-2-1-3-16(18(15)24)19(21)25/h1-5,10,12,22-24H,6-9,11H2,(H2,21,25). The number of nitrogens with one attached hydrogen (secondary N) is 2. The van der Waals surface area contributed by atoms with E-state index in [9.17, 15) is 9.90 Å². The second-order valence-electron chi connectivity index (χ2n) is 6.33. The number of rotatable bonds is 5. The van der Waals surface area contributed by atoms with Crippen LogP contribution in [-0.4, -0.2) is 30.6 Å². The van der Waals surface area contributed by atoms with Crippen molar-refractivity contribution >= 4 is 23.2 Å². The van der Waals surface area contributed by atoms with Crippen molar-refractivity contribution in [3.05, 3.63) is 47.0 Å². The molecule has 1 saturated heterocycles. The zero-order valence-corrected chi connectivity index (χ0v) is 14.6. The summed E-state index contributed by atoms with van der Waals surface area (Å²) in [5.74, 6) is -0.154. The molecule has 0 bridgehead atoms. The molecule has 5 nitrogen and oxygen atoms in total. The third-order valence-corrected chi connectivity index (χ3v) is 4.93. The average molecular weight is 360 g/mol. The van der Waals surface area contributed by atoms with Gasteiger partial charge in [0, 0.05) is 23.4 Å². The van der Waals surface area contributed by atoms with E-state index in [4.69, 9.17) is 17.3 Å². The SMILES string of the molecule is NC(=O)c1cccc(-c2ccc(NCC3CCNCC3)cc2Cl)c1O. The molecule has 6 heteroatoms. The highest BCUT2D eigenvalue weighted by atomic mass is 35.5. The van der Waals surface area contributed by atoms with Crippen LogP contribution in [0.4, 0.5) is 5.69 Å². The number of anilines is 1. The number of carbonyl (C=O) groups excluding carboxylic acids is 1. The molecule has 1 amide bonds. The lowest BCUT2D eigenvalue weighted by Crippen LogP contribution is -2.31. The highest BCUT2D eigenvalue weighted by molar-refractivity contribution is 6.33. The van der Waals surface area contributed by atoms with Crippen LogP contribution in [0.25, 0.3) is 11.1 Å². The third-order valence-electron chi connectivity index (χ3n) is 4.61. The quantitative estimate of drug-likeness (QED) is 0.660. The minimum Gasteiger partial charge on any atom is -0.506 e. The number of benzene rings is 2. The van der Waals surface area contributed by atoms with Gasteiger partial charge in [-0.1, -0.05) is 29.8 Å². The number of aromatic hydroxyl groups is 1. The van der Waals surface area contributed by atoms with E-state index >= 15 is 0 Å². The van der Waals surface area contributed by atoms with E-state index < -0.39 is 5.91 Å². The summed E-state index contributed by atoms with van der Waals surface area (Å²) in [6, 6.07) is 10.5. The molecule has 0 aromatic heterocycles. The molecule has 0 atom stereocenters. The summed E-state index contributed by atoms with van der Waals surface area (Å²) in [6.07, 6.45) is 2.35. The Bertz CT molecular complexity index is 773. The number of carbonyl (C=O) groups is 1. The van der Waals surface area contributed by atoms with Gasteiger partial charge < -0.3 is 21.5 Å². The Hall–Kier alpha value is -2.24. The summed E-state index contributed by atoms with van der Waals surface area (Å²) in [4.78, 5) is 11.4. The lowest BCUT2D eigenvalue weighted by molar-refractivity contribution is 0.0998. The molecular weight excluding hydrogens is 338 g/mol. The first-order chi connectivity index (χ1) is 12.1. The van der Waals surface area contributed by atoms with Crippen molar-refractivity contribution in [1.29, 1.82) is 0 Å². The van der Waals surface area contributed by atoms with Gasteiger partial charge in [0.15, 0.2) is 0 Å². The molecule has 5 N–H and O–H groups in total. The van der Waals surface area contributed by atoms with Gasteiger partial charge in [0.2, 0.25) is 0 Å². The number of amides is 1. The van der Waals surface area contributed by atoms with E-state index in [0.717, 1.165) is 25.3 Å². The van der Waals surface area contributed by atoms with Gasteiger partial charge in [-0.15, -0.1) is 0 Å². The van der Waals surface area contributed by atoms with E-state index in [1.165, 1.54) is 18.9 Å². The van der Waals surface area contributed by atoms with Crippen LogP contribution >= 0.6 is 11.6 Å². The fraction of sp³-hybridized carbons (Fsp3) is 0.316. The number of hydrogen-bond acceptors (Lipinski definition) is 4. The Kier molecular flexibility index (Phi) is 5.46. The molecule has 1 aliphatic heterocycles. The maximum absolute atomic E-state index is 11.4. The Balaban J connectivity index is 1.78. The van der Waals surface area contributed by atoms with Gasteiger partial charge in [-0.3, -0.25) is 4.79 Å². The monoisotopic (exact) mass is 359 g/mol. The topological polar surface area (TPSA) is 87.4 Å². The molecule has 1 aliphatic rings. The van der Waals surface area contributed by atoms with Gasteiger partial charge >= 0.3 is 0 Å². The maximum Gasteiger partial charge on any atom is 0.252 e. The largest absolute Gasteiger partial charge is 0.506 e. The number of phenols is 1. The van der Waals surface area contributed by atoms with Gasteiger partial charge in [-0.25, -0.2) is 0 Å². The number of halogens is 1. The first-order valence-electron chi connectivity index (χ1n) is 8.42. The van der Waals surface area contributed by atoms with Crippen molar-refractivity contribution in [2.24, 2.45) is 11.7 Å². The first-order valence-corrected chi connectivity index (χ1v) is 8.80. The highest BCUT2D eigenvalue weighted by Crippen LogP contribution is 2.37. The molecule has 1 fully saturated rings. The molecule has 2 aromatic carbocycles. The summed E-state index contributed by atoms with van der Waals surface area (Å²) >= 11 is 6.41. The summed E-state index contributed by atoms with van der Waals surface area (Å²) < 4.78 is 0. The minimum absolute atomic E-state index is 0.0849. The van der Waals surface area contributed by atoms with Crippen molar-refractivity contribution in [2.75, 3.05) is 25.0 Å². The van der Waals surface area contributed by atoms with Gasteiger partial charge in [-0.2, -0.15) is 0 Å². The summed E-state index contributed by atoms with van der Waals surface area (Å²) in [5.41, 5.74) is 7.47. The Morgan fingerprint density at radius 2 is 2.00 bits per heavy atom. The van der Waals surface area contributed by atoms with Crippen molar-refractivity contribution in [3.8, 4) is 16.9 Å². The van der Waals surface area contributed by atoms with Crippen LogP contribution in [0.1, 0.15) is 23.2 Å². The minimum atomic E-state index is -0.671. The van der Waals surface area contributed by atoms with Crippen LogP contribution in [0.5, 0.6) is 5.75 Å². The Morgan fingerprint density at radius 3 is 2.68 bits per heavy atom. The van der Waals surface area contributed by atoms with Gasteiger partial charge in [0.05, 0.1) is 10.6 Å². The van der Waals surface area contributed by atoms with Crippen LogP contribution < -0.4 is 16.4 Å². The first kappa shape index (κ1) is 17.6. The zero-order valence-electron chi connectivity index (χ0n) is 13.9. The Labute approximate surface area is 152 Å². The van der Waals surface area contributed by atoms with E-state index in [1.54, 1.807) is 12.1 Å². The number of nitrogens with two attached hydrogens (primary N) is 1. The van der Waals surface area contributed by atoms with E-state index in [-0.39, 0.29) is 11.3 Å². The van der Waals surface area contributed by atoms with Crippen molar-refractivity contribution in [3.63, 3.8) is 0 Å². The van der Waals surface area contributed by atoms with Crippen LogP contribution in [0.15, 0.2) is 36.4 Å². The number of primary amides is 1. The van der Waals surface area contributed by atoms with Crippen LogP contribution in [-0.2, 0) is 0 Å². The smallest absolute Gasteiger partial charge is 0.252 e. The van der Waals surface area contributed by atoms with Gasteiger partial charge in [-0.05, 0) is 50.0 Å². The van der Waals surface area contributed by atoms with Gasteiger partial charge in [0.1, 0.15) is 5.75 Å². The molecule has 0 radical (unpaired) electrons. The number of hydrogen-bond donors (Lipinski definition) is 4.